The van der Waals surface area contributed by atoms with Crippen LogP contribution in [-0.4, -0.2) is 35.7 Å². The van der Waals surface area contributed by atoms with Gasteiger partial charge < -0.3 is 9.64 Å². The van der Waals surface area contributed by atoms with E-state index in [-0.39, 0.29) is 12.2 Å². The maximum absolute atomic E-state index is 11.8. The van der Waals surface area contributed by atoms with Gasteiger partial charge in [0.1, 0.15) is 6.10 Å². The molecule has 0 saturated heterocycles. The largest absolute Gasteiger partial charge is 0.446 e. The Morgan fingerprint density at radius 3 is 2.89 bits per heavy atom. The molecule has 0 aromatic carbocycles. The first-order valence-corrected chi connectivity index (χ1v) is 6.57. The predicted molar refractivity (Wildman–Crippen MR) is 69.3 cm³/mol. The normalized spacial score (nSPS) is 15.6. The highest BCUT2D eigenvalue weighted by molar-refractivity contribution is 5.67. The molecule has 0 radical (unpaired) electrons. The van der Waals surface area contributed by atoms with Crippen molar-refractivity contribution in [2.45, 2.75) is 38.2 Å². The number of likely N-dealkylation sites (N-methyl/N-ethyl adjacent to an activating group) is 1. The Kier molecular flexibility index (Phi) is 4.56. The van der Waals surface area contributed by atoms with Crippen LogP contribution < -0.4 is 0 Å². The van der Waals surface area contributed by atoms with Crippen molar-refractivity contribution in [1.29, 1.82) is 0 Å². The summed E-state index contributed by atoms with van der Waals surface area (Å²) in [5.74, 6) is 0. The van der Waals surface area contributed by atoms with Gasteiger partial charge in [-0.1, -0.05) is 6.07 Å². The molecule has 1 aliphatic carbocycles. The lowest BCUT2D eigenvalue weighted by atomic mass is 10.2. The number of carbonyl (C=O) groups excluding carboxylic acids is 1. The molecule has 18 heavy (non-hydrogen) atoms. The van der Waals surface area contributed by atoms with Crippen LogP contribution in [0, 0.1) is 0 Å². The van der Waals surface area contributed by atoms with Crippen molar-refractivity contribution in [1.82, 2.24) is 9.88 Å². The van der Waals surface area contributed by atoms with E-state index in [4.69, 9.17) is 4.74 Å². The lowest BCUT2D eigenvalue weighted by Gasteiger charge is -2.19. The number of pyridine rings is 1. The second-order valence-corrected chi connectivity index (χ2v) is 4.78. The standard InChI is InChI=1S/C14H20N2O2/c1-16(11-9-12-6-4-5-10-15-12)14(17)18-13-7-2-3-8-13/h4-6,10,13H,2-3,7-9,11H2,1H3. The summed E-state index contributed by atoms with van der Waals surface area (Å²) in [5, 5.41) is 0. The summed E-state index contributed by atoms with van der Waals surface area (Å²) in [4.78, 5) is 17.7. The third-order valence-electron chi connectivity index (χ3n) is 3.31. The Morgan fingerprint density at radius 2 is 2.22 bits per heavy atom. The van der Waals surface area contributed by atoms with Crippen LogP contribution in [0.15, 0.2) is 24.4 Å². The molecule has 1 saturated carbocycles. The zero-order chi connectivity index (χ0) is 12.8. The molecule has 0 spiro atoms. The van der Waals surface area contributed by atoms with Crippen LogP contribution in [0.4, 0.5) is 4.79 Å². The van der Waals surface area contributed by atoms with Gasteiger partial charge >= 0.3 is 6.09 Å². The summed E-state index contributed by atoms with van der Waals surface area (Å²) >= 11 is 0. The number of rotatable bonds is 4. The Morgan fingerprint density at radius 1 is 1.44 bits per heavy atom. The number of ether oxygens (including phenoxy) is 1. The van der Waals surface area contributed by atoms with Gasteiger partial charge in [-0.05, 0) is 37.8 Å². The van der Waals surface area contributed by atoms with Gasteiger partial charge in [0.05, 0.1) is 0 Å². The number of aromatic nitrogens is 1. The monoisotopic (exact) mass is 248 g/mol. The zero-order valence-corrected chi connectivity index (χ0v) is 10.8. The topological polar surface area (TPSA) is 42.4 Å². The van der Waals surface area contributed by atoms with E-state index in [9.17, 15) is 4.79 Å². The van der Waals surface area contributed by atoms with Crippen molar-refractivity contribution >= 4 is 6.09 Å². The van der Waals surface area contributed by atoms with Crippen molar-refractivity contribution in [3.8, 4) is 0 Å². The molecule has 4 heteroatoms. The smallest absolute Gasteiger partial charge is 0.409 e. The van der Waals surface area contributed by atoms with E-state index in [1.54, 1.807) is 18.1 Å². The minimum absolute atomic E-state index is 0.134. The van der Waals surface area contributed by atoms with Crippen LogP contribution in [0.3, 0.4) is 0 Å². The van der Waals surface area contributed by atoms with Crippen LogP contribution in [0.25, 0.3) is 0 Å². The van der Waals surface area contributed by atoms with Crippen LogP contribution in [0.5, 0.6) is 0 Å². The van der Waals surface area contributed by atoms with E-state index < -0.39 is 0 Å². The molecule has 0 unspecified atom stereocenters. The van der Waals surface area contributed by atoms with Crippen molar-refractivity contribution in [2.24, 2.45) is 0 Å². The molecule has 98 valence electrons. The quantitative estimate of drug-likeness (QED) is 0.822. The lowest BCUT2D eigenvalue weighted by Crippen LogP contribution is -2.32. The van der Waals surface area contributed by atoms with Gasteiger partial charge in [0.25, 0.3) is 0 Å². The van der Waals surface area contributed by atoms with Crippen molar-refractivity contribution in [2.75, 3.05) is 13.6 Å². The van der Waals surface area contributed by atoms with Crippen LogP contribution >= 0.6 is 0 Å². The average Bonchev–Trinajstić information content (AvgIpc) is 2.90. The first-order chi connectivity index (χ1) is 8.75. The molecule has 1 fully saturated rings. The van der Waals surface area contributed by atoms with Crippen LogP contribution in [-0.2, 0) is 11.2 Å². The molecule has 4 nitrogen and oxygen atoms in total. The molecule has 1 aromatic heterocycles. The average molecular weight is 248 g/mol. The summed E-state index contributed by atoms with van der Waals surface area (Å²) in [6, 6.07) is 5.82. The van der Waals surface area contributed by atoms with E-state index in [2.05, 4.69) is 4.98 Å². The highest BCUT2D eigenvalue weighted by Gasteiger charge is 2.21. The molecule has 1 amide bonds. The fraction of sp³-hybridized carbons (Fsp3) is 0.571. The Bertz CT molecular complexity index is 375. The third-order valence-corrected chi connectivity index (χ3v) is 3.31. The van der Waals surface area contributed by atoms with E-state index in [0.717, 1.165) is 25.0 Å². The Balaban J connectivity index is 1.73. The van der Waals surface area contributed by atoms with Gasteiger partial charge in [0, 0.05) is 31.9 Å². The molecule has 0 aliphatic heterocycles. The Hall–Kier alpha value is -1.58. The summed E-state index contributed by atoms with van der Waals surface area (Å²) in [6.45, 7) is 0.641. The van der Waals surface area contributed by atoms with E-state index in [1.807, 2.05) is 18.2 Å². The molecule has 0 bridgehead atoms. The predicted octanol–water partition coefficient (Wildman–Crippen LogP) is 2.64. The molecule has 0 N–H and O–H groups in total. The van der Waals surface area contributed by atoms with Gasteiger partial charge in [-0.2, -0.15) is 0 Å². The highest BCUT2D eigenvalue weighted by Crippen LogP contribution is 2.21. The number of hydrogen-bond donors (Lipinski definition) is 0. The summed E-state index contributed by atoms with van der Waals surface area (Å²) in [7, 11) is 1.78. The molecule has 2 rings (SSSR count). The first-order valence-electron chi connectivity index (χ1n) is 6.57. The van der Waals surface area contributed by atoms with Crippen LogP contribution in [0.2, 0.25) is 0 Å². The minimum Gasteiger partial charge on any atom is -0.446 e. The van der Waals surface area contributed by atoms with E-state index in [1.165, 1.54) is 12.8 Å². The number of hydrogen-bond acceptors (Lipinski definition) is 3. The molecular formula is C14H20N2O2. The second-order valence-electron chi connectivity index (χ2n) is 4.78. The number of carbonyl (C=O) groups is 1. The Labute approximate surface area is 108 Å². The minimum atomic E-state index is -0.210. The van der Waals surface area contributed by atoms with E-state index in [0.29, 0.717) is 6.54 Å². The fourth-order valence-corrected chi connectivity index (χ4v) is 2.16. The van der Waals surface area contributed by atoms with Crippen molar-refractivity contribution in [3.63, 3.8) is 0 Å². The van der Waals surface area contributed by atoms with Gasteiger partial charge in [-0.3, -0.25) is 4.98 Å². The second kappa shape index (κ2) is 6.38. The van der Waals surface area contributed by atoms with E-state index >= 15 is 0 Å². The molecular weight excluding hydrogens is 228 g/mol. The molecule has 1 aromatic rings. The maximum Gasteiger partial charge on any atom is 0.409 e. The first kappa shape index (κ1) is 12.9. The maximum atomic E-state index is 11.8. The van der Waals surface area contributed by atoms with Crippen molar-refractivity contribution < 1.29 is 9.53 Å². The van der Waals surface area contributed by atoms with Gasteiger partial charge in [-0.15, -0.1) is 0 Å². The third kappa shape index (κ3) is 3.72. The lowest BCUT2D eigenvalue weighted by molar-refractivity contribution is 0.0722. The zero-order valence-electron chi connectivity index (χ0n) is 10.8. The molecule has 0 atom stereocenters. The van der Waals surface area contributed by atoms with Gasteiger partial charge in [0.2, 0.25) is 0 Å². The SMILES string of the molecule is CN(CCc1ccccn1)C(=O)OC1CCCC1. The van der Waals surface area contributed by atoms with Crippen molar-refractivity contribution in [3.05, 3.63) is 30.1 Å². The highest BCUT2D eigenvalue weighted by atomic mass is 16.6. The summed E-state index contributed by atoms with van der Waals surface area (Å²) in [5.41, 5.74) is 0.998. The number of amides is 1. The van der Waals surface area contributed by atoms with Gasteiger partial charge in [-0.25, -0.2) is 4.79 Å². The van der Waals surface area contributed by atoms with Crippen LogP contribution in [0.1, 0.15) is 31.4 Å². The molecule has 1 heterocycles. The summed E-state index contributed by atoms with van der Waals surface area (Å²) < 4.78 is 5.43. The summed E-state index contributed by atoms with van der Waals surface area (Å²) in [6.07, 6.45) is 6.83. The molecule has 1 aliphatic rings. The fourth-order valence-electron chi connectivity index (χ4n) is 2.16. The van der Waals surface area contributed by atoms with Gasteiger partial charge in [0.15, 0.2) is 0 Å². The number of nitrogens with zero attached hydrogens (tertiary/aromatic N) is 2.